The summed E-state index contributed by atoms with van der Waals surface area (Å²) in [5, 5.41) is 23.9. The minimum absolute atomic E-state index is 0.0137. The number of carbonyl (C=O) groups excluding carboxylic acids is 2. The fourth-order valence-corrected chi connectivity index (χ4v) is 1.85. The predicted molar refractivity (Wildman–Crippen MR) is 81.4 cm³/mol. The number of ether oxygens (including phenoxy) is 2. The van der Waals surface area contributed by atoms with Gasteiger partial charge in [0, 0.05) is 25.2 Å². The number of nitrogens with one attached hydrogen (secondary N) is 1. The number of hydrogen-bond donors (Lipinski definition) is 1. The quantitative estimate of drug-likeness (QED) is 0.788. The largest absolute Gasteiger partial charge is 0.449 e. The van der Waals surface area contributed by atoms with Crippen LogP contribution >= 0.6 is 0 Å². The van der Waals surface area contributed by atoms with E-state index >= 15 is 0 Å². The van der Waals surface area contributed by atoms with E-state index in [9.17, 15) is 9.59 Å². The molecule has 0 fully saturated rings. The molecule has 1 N–H and O–H groups in total. The lowest BCUT2D eigenvalue weighted by Crippen LogP contribution is -2.45. The molecular formula is C15H19N5O4. The summed E-state index contributed by atoms with van der Waals surface area (Å²) in [5.74, 6) is -0.796. The lowest BCUT2D eigenvalue weighted by Gasteiger charge is -2.22. The van der Waals surface area contributed by atoms with E-state index in [1.54, 1.807) is 40.1 Å². The standard InChI is InChI=1S/C15H19N5O4/c1-15(2,3)24-14(22)18-11(13(21)23-6-5-16)7-10-9-20(4)19-12(10)8-17/h9,11H,6-7H2,1-4H3,(H,18,22)/t11-/m0/s1. The molecule has 0 aliphatic heterocycles. The van der Waals surface area contributed by atoms with Crippen LogP contribution < -0.4 is 5.32 Å². The number of hydrogen-bond acceptors (Lipinski definition) is 7. The lowest BCUT2D eigenvalue weighted by atomic mass is 10.1. The third-order valence-electron chi connectivity index (χ3n) is 2.69. The van der Waals surface area contributed by atoms with E-state index in [0.717, 1.165) is 0 Å². The Balaban J connectivity index is 2.93. The number of alkyl carbamates (subject to hydrolysis) is 1. The zero-order valence-corrected chi connectivity index (χ0v) is 14.0. The van der Waals surface area contributed by atoms with Crippen LogP contribution in [0.5, 0.6) is 0 Å². The summed E-state index contributed by atoms with van der Waals surface area (Å²) < 4.78 is 11.3. The normalized spacial score (nSPS) is 11.8. The molecule has 1 atom stereocenters. The molecule has 0 aromatic carbocycles. The predicted octanol–water partition coefficient (Wildman–Crippen LogP) is 0.794. The molecule has 0 aliphatic rings. The second-order valence-electron chi connectivity index (χ2n) is 5.96. The van der Waals surface area contributed by atoms with Gasteiger partial charge in [0.15, 0.2) is 12.3 Å². The van der Waals surface area contributed by atoms with E-state index in [1.165, 1.54) is 4.68 Å². The molecule has 24 heavy (non-hydrogen) atoms. The number of amides is 1. The summed E-state index contributed by atoms with van der Waals surface area (Å²) in [5.41, 5.74) is -0.131. The fraction of sp³-hybridized carbons (Fsp3) is 0.533. The van der Waals surface area contributed by atoms with Crippen LogP contribution in [0.4, 0.5) is 4.79 Å². The third-order valence-corrected chi connectivity index (χ3v) is 2.69. The zero-order chi connectivity index (χ0) is 18.3. The number of carbonyl (C=O) groups is 2. The molecule has 1 aromatic heterocycles. The molecule has 0 aliphatic carbocycles. The highest BCUT2D eigenvalue weighted by Gasteiger charge is 2.27. The Labute approximate surface area is 139 Å². The minimum Gasteiger partial charge on any atom is -0.449 e. The van der Waals surface area contributed by atoms with E-state index in [2.05, 4.69) is 10.4 Å². The molecule has 0 bridgehead atoms. The highest BCUT2D eigenvalue weighted by molar-refractivity contribution is 5.82. The van der Waals surface area contributed by atoms with Crippen molar-refractivity contribution in [1.82, 2.24) is 15.1 Å². The van der Waals surface area contributed by atoms with Crippen molar-refractivity contribution in [2.75, 3.05) is 6.61 Å². The van der Waals surface area contributed by atoms with Crippen molar-refractivity contribution in [2.24, 2.45) is 7.05 Å². The number of aromatic nitrogens is 2. The Morgan fingerprint density at radius 3 is 2.62 bits per heavy atom. The third kappa shape index (κ3) is 5.97. The van der Waals surface area contributed by atoms with Gasteiger partial charge < -0.3 is 14.8 Å². The molecule has 9 nitrogen and oxygen atoms in total. The number of rotatable bonds is 5. The molecule has 1 amide bonds. The molecule has 1 rings (SSSR count). The monoisotopic (exact) mass is 333 g/mol. The van der Waals surface area contributed by atoms with E-state index in [-0.39, 0.29) is 12.1 Å². The Kier molecular flexibility index (Phi) is 6.30. The first-order valence-corrected chi connectivity index (χ1v) is 7.12. The molecular weight excluding hydrogens is 314 g/mol. The maximum Gasteiger partial charge on any atom is 0.408 e. The summed E-state index contributed by atoms with van der Waals surface area (Å²) in [4.78, 5) is 24.0. The molecule has 1 heterocycles. The van der Waals surface area contributed by atoms with Crippen molar-refractivity contribution in [3.8, 4) is 12.1 Å². The molecule has 1 aromatic rings. The number of nitrogens with zero attached hydrogens (tertiary/aromatic N) is 4. The van der Waals surface area contributed by atoms with E-state index in [4.69, 9.17) is 20.0 Å². The van der Waals surface area contributed by atoms with Crippen molar-refractivity contribution in [2.45, 2.75) is 38.8 Å². The van der Waals surface area contributed by atoms with Crippen molar-refractivity contribution in [3.05, 3.63) is 17.5 Å². The average molecular weight is 333 g/mol. The van der Waals surface area contributed by atoms with Crippen LogP contribution in [-0.2, 0) is 27.7 Å². The molecule has 9 heteroatoms. The van der Waals surface area contributed by atoms with Gasteiger partial charge in [-0.25, -0.2) is 9.59 Å². The molecule has 0 saturated carbocycles. The topological polar surface area (TPSA) is 130 Å². The summed E-state index contributed by atoms with van der Waals surface area (Å²) in [6.45, 7) is 4.61. The Hall–Kier alpha value is -3.07. The number of aryl methyl sites for hydroxylation is 1. The molecule has 0 unspecified atom stereocenters. The number of nitriles is 2. The van der Waals surface area contributed by atoms with Crippen molar-refractivity contribution in [3.63, 3.8) is 0 Å². The van der Waals surface area contributed by atoms with Gasteiger partial charge in [0.1, 0.15) is 23.8 Å². The first-order chi connectivity index (χ1) is 11.2. The summed E-state index contributed by atoms with van der Waals surface area (Å²) in [7, 11) is 1.63. The van der Waals surface area contributed by atoms with Gasteiger partial charge in [0.25, 0.3) is 0 Å². The van der Waals surface area contributed by atoms with Gasteiger partial charge in [-0.05, 0) is 20.8 Å². The fourth-order valence-electron chi connectivity index (χ4n) is 1.85. The van der Waals surface area contributed by atoms with E-state index in [1.807, 2.05) is 6.07 Å². The van der Waals surface area contributed by atoms with Crippen molar-refractivity contribution < 1.29 is 19.1 Å². The highest BCUT2D eigenvalue weighted by Crippen LogP contribution is 2.11. The maximum atomic E-state index is 12.1. The van der Waals surface area contributed by atoms with Crippen LogP contribution in [0.25, 0.3) is 0 Å². The zero-order valence-electron chi connectivity index (χ0n) is 14.0. The van der Waals surface area contributed by atoms with Gasteiger partial charge in [-0.2, -0.15) is 15.6 Å². The molecule has 0 spiro atoms. The lowest BCUT2D eigenvalue weighted by molar-refractivity contribution is -0.144. The average Bonchev–Trinajstić information content (AvgIpc) is 2.81. The first-order valence-electron chi connectivity index (χ1n) is 7.12. The van der Waals surface area contributed by atoms with Crippen LogP contribution in [0, 0.1) is 22.7 Å². The van der Waals surface area contributed by atoms with Gasteiger partial charge in [0.2, 0.25) is 0 Å². The number of esters is 1. The van der Waals surface area contributed by atoms with E-state index in [0.29, 0.717) is 5.56 Å². The molecule has 0 radical (unpaired) electrons. The second-order valence-corrected chi connectivity index (χ2v) is 5.96. The Morgan fingerprint density at radius 1 is 1.42 bits per heavy atom. The van der Waals surface area contributed by atoms with Crippen LogP contribution in [0.15, 0.2) is 6.20 Å². The summed E-state index contributed by atoms with van der Waals surface area (Å²) in [6.07, 6.45) is 0.754. The van der Waals surface area contributed by atoms with Gasteiger partial charge in [-0.3, -0.25) is 4.68 Å². The minimum atomic E-state index is -1.11. The highest BCUT2D eigenvalue weighted by atomic mass is 16.6. The maximum absolute atomic E-state index is 12.1. The van der Waals surface area contributed by atoms with Gasteiger partial charge >= 0.3 is 12.1 Å². The van der Waals surface area contributed by atoms with Crippen LogP contribution in [0.1, 0.15) is 32.0 Å². The van der Waals surface area contributed by atoms with Gasteiger partial charge in [-0.1, -0.05) is 0 Å². The second kappa shape index (κ2) is 7.97. The smallest absolute Gasteiger partial charge is 0.408 e. The first kappa shape index (κ1) is 19.0. The Morgan fingerprint density at radius 2 is 2.08 bits per heavy atom. The summed E-state index contributed by atoms with van der Waals surface area (Å²) >= 11 is 0. The summed E-state index contributed by atoms with van der Waals surface area (Å²) in [6, 6.07) is 2.49. The SMILES string of the molecule is Cn1cc(C[C@H](NC(=O)OC(C)(C)C)C(=O)OCC#N)c(C#N)n1. The van der Waals surface area contributed by atoms with Crippen LogP contribution in [0.3, 0.4) is 0 Å². The van der Waals surface area contributed by atoms with Crippen molar-refractivity contribution in [1.29, 1.82) is 10.5 Å². The van der Waals surface area contributed by atoms with Crippen LogP contribution in [-0.4, -0.2) is 40.1 Å². The van der Waals surface area contributed by atoms with Crippen LogP contribution in [0.2, 0.25) is 0 Å². The molecule has 0 saturated heterocycles. The molecule has 128 valence electrons. The Bertz CT molecular complexity index is 690. The van der Waals surface area contributed by atoms with Gasteiger partial charge in [-0.15, -0.1) is 0 Å². The van der Waals surface area contributed by atoms with Crippen molar-refractivity contribution >= 4 is 12.1 Å². The van der Waals surface area contributed by atoms with Gasteiger partial charge in [0.05, 0.1) is 0 Å². The van der Waals surface area contributed by atoms with E-state index < -0.39 is 30.3 Å².